The Kier molecular flexibility index (Phi) is 6.31. The van der Waals surface area contributed by atoms with Gasteiger partial charge in [0.1, 0.15) is 0 Å². The SMILES string of the molecule is CCc1ccc(CC(CCC2CCCCO2)NN)s1. The van der Waals surface area contributed by atoms with Crippen LogP contribution in [0.4, 0.5) is 0 Å². The summed E-state index contributed by atoms with van der Waals surface area (Å²) in [6, 6.07) is 4.84. The second-order valence-corrected chi connectivity index (χ2v) is 6.61. The minimum atomic E-state index is 0.369. The summed E-state index contributed by atoms with van der Waals surface area (Å²) in [7, 11) is 0. The van der Waals surface area contributed by atoms with Crippen LogP contribution in [0.5, 0.6) is 0 Å². The molecule has 1 aliphatic rings. The Labute approximate surface area is 120 Å². The molecule has 0 saturated carbocycles. The molecule has 0 bridgehead atoms. The summed E-state index contributed by atoms with van der Waals surface area (Å²) < 4.78 is 5.78. The number of nitrogens with one attached hydrogen (secondary N) is 1. The maximum Gasteiger partial charge on any atom is 0.0575 e. The van der Waals surface area contributed by atoms with Gasteiger partial charge >= 0.3 is 0 Å². The van der Waals surface area contributed by atoms with E-state index >= 15 is 0 Å². The van der Waals surface area contributed by atoms with Crippen molar-refractivity contribution in [2.45, 2.75) is 64.0 Å². The van der Waals surface area contributed by atoms with Gasteiger partial charge < -0.3 is 4.74 Å². The van der Waals surface area contributed by atoms with E-state index in [1.807, 2.05) is 11.3 Å². The molecule has 108 valence electrons. The van der Waals surface area contributed by atoms with Crippen molar-refractivity contribution in [3.63, 3.8) is 0 Å². The van der Waals surface area contributed by atoms with Gasteiger partial charge in [0.05, 0.1) is 6.10 Å². The third kappa shape index (κ3) is 4.88. The van der Waals surface area contributed by atoms with Gasteiger partial charge in [-0.05, 0) is 57.1 Å². The number of thiophene rings is 1. The number of nitrogens with two attached hydrogens (primary N) is 1. The number of hydrazine groups is 1. The molecule has 0 aliphatic carbocycles. The molecule has 2 atom stereocenters. The molecule has 0 aromatic carbocycles. The van der Waals surface area contributed by atoms with Gasteiger partial charge in [-0.3, -0.25) is 11.3 Å². The van der Waals surface area contributed by atoms with Crippen molar-refractivity contribution < 1.29 is 4.74 Å². The lowest BCUT2D eigenvalue weighted by Gasteiger charge is -2.24. The average Bonchev–Trinajstić information content (AvgIpc) is 2.92. The van der Waals surface area contributed by atoms with Gasteiger partial charge in [0.15, 0.2) is 0 Å². The van der Waals surface area contributed by atoms with Crippen molar-refractivity contribution in [3.8, 4) is 0 Å². The maximum absolute atomic E-state index is 5.78. The van der Waals surface area contributed by atoms with E-state index in [-0.39, 0.29) is 0 Å². The van der Waals surface area contributed by atoms with Crippen LogP contribution in [0.25, 0.3) is 0 Å². The van der Waals surface area contributed by atoms with Gasteiger partial charge in [0.2, 0.25) is 0 Å². The van der Waals surface area contributed by atoms with Crippen molar-refractivity contribution in [2.24, 2.45) is 5.84 Å². The van der Waals surface area contributed by atoms with E-state index in [0.29, 0.717) is 12.1 Å². The molecule has 1 aromatic rings. The zero-order chi connectivity index (χ0) is 13.5. The summed E-state index contributed by atoms with van der Waals surface area (Å²) in [5.41, 5.74) is 2.97. The second-order valence-electron chi connectivity index (χ2n) is 5.36. The molecule has 0 amide bonds. The van der Waals surface area contributed by atoms with Crippen molar-refractivity contribution in [1.29, 1.82) is 0 Å². The molecule has 1 aromatic heterocycles. The fraction of sp³-hybridized carbons (Fsp3) is 0.733. The van der Waals surface area contributed by atoms with Crippen LogP contribution < -0.4 is 11.3 Å². The van der Waals surface area contributed by atoms with Crippen LogP contribution in [-0.4, -0.2) is 18.8 Å². The van der Waals surface area contributed by atoms with Gasteiger partial charge in [-0.25, -0.2) is 0 Å². The van der Waals surface area contributed by atoms with E-state index in [0.717, 1.165) is 32.3 Å². The Balaban J connectivity index is 1.75. The van der Waals surface area contributed by atoms with Crippen LogP contribution in [0.1, 0.15) is 48.8 Å². The summed E-state index contributed by atoms with van der Waals surface area (Å²) in [6.45, 7) is 3.14. The number of ether oxygens (including phenoxy) is 1. The Morgan fingerprint density at radius 3 is 2.89 bits per heavy atom. The average molecular weight is 282 g/mol. The molecule has 0 radical (unpaired) electrons. The summed E-state index contributed by atoms with van der Waals surface area (Å²) in [5.74, 6) is 5.69. The standard InChI is InChI=1S/C15H26N2OS/c1-2-14-8-9-15(19-14)11-12(17-16)6-7-13-5-3-4-10-18-13/h8-9,12-13,17H,2-7,10-11,16H2,1H3. The third-order valence-electron chi connectivity index (χ3n) is 3.86. The topological polar surface area (TPSA) is 47.3 Å². The van der Waals surface area contributed by atoms with E-state index in [9.17, 15) is 0 Å². The smallest absolute Gasteiger partial charge is 0.0575 e. The van der Waals surface area contributed by atoms with Crippen LogP contribution in [0.2, 0.25) is 0 Å². The number of rotatable bonds is 7. The van der Waals surface area contributed by atoms with Gasteiger partial charge in [-0.1, -0.05) is 6.92 Å². The molecular formula is C15H26N2OS. The van der Waals surface area contributed by atoms with Crippen molar-refractivity contribution >= 4 is 11.3 Å². The molecule has 2 unspecified atom stereocenters. The quantitative estimate of drug-likeness (QED) is 0.597. The molecule has 2 rings (SSSR count). The Morgan fingerprint density at radius 2 is 2.26 bits per heavy atom. The molecule has 3 N–H and O–H groups in total. The maximum atomic E-state index is 5.78. The Bertz CT molecular complexity index is 361. The monoisotopic (exact) mass is 282 g/mol. The van der Waals surface area contributed by atoms with Gasteiger partial charge in [-0.15, -0.1) is 11.3 Å². The third-order valence-corrected chi connectivity index (χ3v) is 5.11. The summed E-state index contributed by atoms with van der Waals surface area (Å²) in [6.07, 6.45) is 8.60. The molecule has 1 fully saturated rings. The van der Waals surface area contributed by atoms with Gasteiger partial charge in [-0.2, -0.15) is 0 Å². The highest BCUT2D eigenvalue weighted by atomic mass is 32.1. The summed E-state index contributed by atoms with van der Waals surface area (Å²) in [5, 5.41) is 0. The van der Waals surface area contributed by atoms with Gasteiger partial charge in [0, 0.05) is 22.4 Å². The Hall–Kier alpha value is -0.420. The molecule has 0 spiro atoms. The van der Waals surface area contributed by atoms with Crippen LogP contribution in [-0.2, 0) is 17.6 Å². The molecule has 1 saturated heterocycles. The van der Waals surface area contributed by atoms with Crippen LogP contribution in [0.15, 0.2) is 12.1 Å². The predicted octanol–water partition coefficient (Wildman–Crippen LogP) is 3.03. The minimum absolute atomic E-state index is 0.369. The molecule has 3 nitrogen and oxygen atoms in total. The van der Waals surface area contributed by atoms with E-state index in [1.165, 1.54) is 29.0 Å². The fourth-order valence-corrected chi connectivity index (χ4v) is 3.67. The molecule has 2 heterocycles. The lowest BCUT2D eigenvalue weighted by atomic mass is 10.00. The normalized spacial score (nSPS) is 21.5. The van der Waals surface area contributed by atoms with Crippen molar-refractivity contribution in [1.82, 2.24) is 5.43 Å². The van der Waals surface area contributed by atoms with E-state index in [2.05, 4.69) is 24.5 Å². The van der Waals surface area contributed by atoms with Crippen LogP contribution in [0, 0.1) is 0 Å². The Morgan fingerprint density at radius 1 is 1.42 bits per heavy atom. The molecule has 4 heteroatoms. The van der Waals surface area contributed by atoms with E-state index < -0.39 is 0 Å². The highest BCUT2D eigenvalue weighted by Crippen LogP contribution is 2.21. The van der Waals surface area contributed by atoms with Gasteiger partial charge in [0.25, 0.3) is 0 Å². The first-order valence-electron chi connectivity index (χ1n) is 7.47. The highest BCUT2D eigenvalue weighted by molar-refractivity contribution is 7.11. The minimum Gasteiger partial charge on any atom is -0.378 e. The van der Waals surface area contributed by atoms with E-state index in [1.54, 1.807) is 0 Å². The zero-order valence-electron chi connectivity index (χ0n) is 11.9. The molecular weight excluding hydrogens is 256 g/mol. The first kappa shape index (κ1) is 15.0. The number of hydrogen-bond donors (Lipinski definition) is 2. The lowest BCUT2D eigenvalue weighted by Crippen LogP contribution is -2.37. The fourth-order valence-electron chi connectivity index (χ4n) is 2.63. The molecule has 19 heavy (non-hydrogen) atoms. The van der Waals surface area contributed by atoms with Crippen molar-refractivity contribution in [3.05, 3.63) is 21.9 Å². The van der Waals surface area contributed by atoms with Crippen LogP contribution in [0.3, 0.4) is 0 Å². The lowest BCUT2D eigenvalue weighted by molar-refractivity contribution is 0.00860. The largest absolute Gasteiger partial charge is 0.378 e. The summed E-state index contributed by atoms with van der Waals surface area (Å²) >= 11 is 1.91. The van der Waals surface area contributed by atoms with Crippen molar-refractivity contribution in [2.75, 3.05) is 6.61 Å². The highest BCUT2D eigenvalue weighted by Gasteiger charge is 2.16. The van der Waals surface area contributed by atoms with E-state index in [4.69, 9.17) is 10.6 Å². The first-order valence-corrected chi connectivity index (χ1v) is 8.28. The second kappa shape index (κ2) is 8.00. The number of hydrogen-bond acceptors (Lipinski definition) is 4. The summed E-state index contributed by atoms with van der Waals surface area (Å²) in [4.78, 5) is 2.89. The zero-order valence-corrected chi connectivity index (χ0v) is 12.7. The van der Waals surface area contributed by atoms with Crippen LogP contribution >= 0.6 is 11.3 Å². The first-order chi connectivity index (χ1) is 9.31. The molecule has 1 aliphatic heterocycles. The number of aryl methyl sites for hydroxylation is 1. The predicted molar refractivity (Wildman–Crippen MR) is 81.3 cm³/mol.